The minimum Gasteiger partial charge on any atom is -0.508 e. The maximum Gasteiger partial charge on any atom is 0.120 e. The molecular formula is C16H26ClN3O. The lowest BCUT2D eigenvalue weighted by atomic mass is 10.0. The molecule has 1 heterocycles. The predicted molar refractivity (Wildman–Crippen MR) is 88.0 cm³/mol. The van der Waals surface area contributed by atoms with Crippen molar-refractivity contribution in [1.82, 2.24) is 15.1 Å². The van der Waals surface area contributed by atoms with Gasteiger partial charge in [-0.2, -0.15) is 0 Å². The van der Waals surface area contributed by atoms with Crippen LogP contribution in [-0.4, -0.2) is 60.2 Å². The SMILES string of the molecule is CN1CCN(C(C)(C)CNCc2cc(Cl)ccc2O)CC1. The summed E-state index contributed by atoms with van der Waals surface area (Å²) >= 11 is 5.97. The second-order valence-corrected chi connectivity index (χ2v) is 6.92. The lowest BCUT2D eigenvalue weighted by Gasteiger charge is -2.43. The first kappa shape index (κ1) is 16.6. The Morgan fingerprint density at radius 3 is 2.57 bits per heavy atom. The van der Waals surface area contributed by atoms with Gasteiger partial charge >= 0.3 is 0 Å². The van der Waals surface area contributed by atoms with Crippen LogP contribution in [0.2, 0.25) is 5.02 Å². The van der Waals surface area contributed by atoms with E-state index >= 15 is 0 Å². The zero-order valence-electron chi connectivity index (χ0n) is 13.2. The molecule has 2 N–H and O–H groups in total. The van der Waals surface area contributed by atoms with Crippen LogP contribution in [0.25, 0.3) is 0 Å². The first-order chi connectivity index (χ1) is 9.88. The Labute approximate surface area is 132 Å². The standard InChI is InChI=1S/C16H26ClN3O/c1-16(2,20-8-6-19(3)7-9-20)12-18-11-13-10-14(17)4-5-15(13)21/h4-5,10,18,21H,6-9,11-12H2,1-3H3. The number of phenolic OH excluding ortho intramolecular Hbond substituents is 1. The Bertz CT molecular complexity index is 471. The normalized spacial score (nSPS) is 18.1. The van der Waals surface area contributed by atoms with Crippen LogP contribution in [0.3, 0.4) is 0 Å². The molecule has 1 fully saturated rings. The van der Waals surface area contributed by atoms with Gasteiger partial charge in [-0.05, 0) is 39.1 Å². The van der Waals surface area contributed by atoms with E-state index in [1.165, 1.54) is 0 Å². The van der Waals surface area contributed by atoms with Crippen LogP contribution in [-0.2, 0) is 6.54 Å². The fourth-order valence-corrected chi connectivity index (χ4v) is 2.92. The molecule has 0 unspecified atom stereocenters. The summed E-state index contributed by atoms with van der Waals surface area (Å²) < 4.78 is 0. The van der Waals surface area contributed by atoms with Gasteiger partial charge in [0.1, 0.15) is 5.75 Å². The third-order valence-corrected chi connectivity index (χ3v) is 4.51. The average molecular weight is 312 g/mol. The summed E-state index contributed by atoms with van der Waals surface area (Å²) in [6.45, 7) is 10.5. The van der Waals surface area contributed by atoms with E-state index in [2.05, 4.69) is 36.0 Å². The molecule has 1 aliphatic rings. The summed E-state index contributed by atoms with van der Waals surface area (Å²) in [5.41, 5.74) is 0.951. The molecule has 118 valence electrons. The first-order valence-electron chi connectivity index (χ1n) is 7.50. The largest absolute Gasteiger partial charge is 0.508 e. The van der Waals surface area contributed by atoms with Crippen LogP contribution in [0.4, 0.5) is 0 Å². The first-order valence-corrected chi connectivity index (χ1v) is 7.88. The van der Waals surface area contributed by atoms with Crippen LogP contribution in [0, 0.1) is 0 Å². The van der Waals surface area contributed by atoms with Crippen molar-refractivity contribution in [1.29, 1.82) is 0 Å². The molecule has 0 aliphatic carbocycles. The molecule has 1 aliphatic heterocycles. The molecule has 5 heteroatoms. The van der Waals surface area contributed by atoms with E-state index in [0.29, 0.717) is 17.3 Å². The highest BCUT2D eigenvalue weighted by Gasteiger charge is 2.28. The van der Waals surface area contributed by atoms with Gasteiger partial charge in [0.25, 0.3) is 0 Å². The van der Waals surface area contributed by atoms with Crippen molar-refractivity contribution in [3.8, 4) is 5.75 Å². The zero-order chi connectivity index (χ0) is 15.5. The van der Waals surface area contributed by atoms with Gasteiger partial charge in [-0.15, -0.1) is 0 Å². The quantitative estimate of drug-likeness (QED) is 0.874. The minimum atomic E-state index is 0.107. The molecule has 1 aromatic carbocycles. The third-order valence-electron chi connectivity index (χ3n) is 4.27. The number of aromatic hydroxyl groups is 1. The number of piperazine rings is 1. The Hall–Kier alpha value is -0.810. The predicted octanol–water partition coefficient (Wildman–Crippen LogP) is 2.16. The van der Waals surface area contributed by atoms with Crippen molar-refractivity contribution in [3.63, 3.8) is 0 Å². The van der Waals surface area contributed by atoms with Gasteiger partial charge < -0.3 is 15.3 Å². The summed E-state index contributed by atoms with van der Waals surface area (Å²) in [7, 11) is 2.17. The van der Waals surface area contributed by atoms with Crippen LogP contribution in [0.5, 0.6) is 5.75 Å². The van der Waals surface area contributed by atoms with E-state index in [4.69, 9.17) is 11.6 Å². The van der Waals surface area contributed by atoms with Crippen molar-refractivity contribution in [3.05, 3.63) is 28.8 Å². The monoisotopic (exact) mass is 311 g/mol. The lowest BCUT2D eigenvalue weighted by molar-refractivity contribution is 0.0617. The smallest absolute Gasteiger partial charge is 0.120 e. The van der Waals surface area contributed by atoms with Crippen LogP contribution < -0.4 is 5.32 Å². The molecule has 21 heavy (non-hydrogen) atoms. The number of benzene rings is 1. The highest BCUT2D eigenvalue weighted by Crippen LogP contribution is 2.22. The van der Waals surface area contributed by atoms with Gasteiger partial charge in [-0.25, -0.2) is 0 Å². The molecule has 0 saturated carbocycles. The number of hydrogen-bond acceptors (Lipinski definition) is 4. The van der Waals surface area contributed by atoms with E-state index in [1.54, 1.807) is 12.1 Å². The highest BCUT2D eigenvalue weighted by atomic mass is 35.5. The van der Waals surface area contributed by atoms with Gasteiger partial charge in [0.2, 0.25) is 0 Å². The molecule has 0 radical (unpaired) electrons. The molecule has 1 saturated heterocycles. The fraction of sp³-hybridized carbons (Fsp3) is 0.625. The highest BCUT2D eigenvalue weighted by molar-refractivity contribution is 6.30. The molecule has 0 atom stereocenters. The van der Waals surface area contributed by atoms with Crippen molar-refractivity contribution < 1.29 is 5.11 Å². The van der Waals surface area contributed by atoms with Crippen molar-refractivity contribution in [2.24, 2.45) is 0 Å². The number of likely N-dealkylation sites (N-methyl/N-ethyl adjacent to an activating group) is 1. The summed E-state index contributed by atoms with van der Waals surface area (Å²) in [6.07, 6.45) is 0. The summed E-state index contributed by atoms with van der Waals surface area (Å²) in [4.78, 5) is 4.89. The van der Waals surface area contributed by atoms with Gasteiger partial charge in [-0.3, -0.25) is 4.90 Å². The zero-order valence-corrected chi connectivity index (χ0v) is 14.0. The number of phenols is 1. The summed E-state index contributed by atoms with van der Waals surface area (Å²) in [5.74, 6) is 0.296. The lowest BCUT2D eigenvalue weighted by Crippen LogP contribution is -2.57. The maximum absolute atomic E-state index is 9.83. The second-order valence-electron chi connectivity index (χ2n) is 6.48. The topological polar surface area (TPSA) is 38.7 Å². The van der Waals surface area contributed by atoms with Gasteiger partial charge in [0, 0.05) is 55.4 Å². The Balaban J connectivity index is 1.85. The summed E-state index contributed by atoms with van der Waals surface area (Å²) in [5, 5.41) is 13.9. The van der Waals surface area contributed by atoms with E-state index in [0.717, 1.165) is 38.3 Å². The molecule has 0 spiro atoms. The number of hydrogen-bond donors (Lipinski definition) is 2. The molecular weight excluding hydrogens is 286 g/mol. The van der Waals surface area contributed by atoms with E-state index < -0.39 is 0 Å². The molecule has 1 aromatic rings. The third kappa shape index (κ3) is 4.58. The van der Waals surface area contributed by atoms with Crippen molar-refractivity contribution in [2.45, 2.75) is 25.9 Å². The summed E-state index contributed by atoms with van der Waals surface area (Å²) in [6, 6.07) is 5.16. The number of rotatable bonds is 5. The van der Waals surface area contributed by atoms with E-state index in [-0.39, 0.29) is 5.54 Å². The second kappa shape index (κ2) is 6.97. The van der Waals surface area contributed by atoms with Crippen molar-refractivity contribution in [2.75, 3.05) is 39.8 Å². The molecule has 0 amide bonds. The number of nitrogens with one attached hydrogen (secondary N) is 1. The molecule has 4 nitrogen and oxygen atoms in total. The van der Waals surface area contributed by atoms with E-state index in [1.807, 2.05) is 6.07 Å². The van der Waals surface area contributed by atoms with Gasteiger partial charge in [-0.1, -0.05) is 11.6 Å². The van der Waals surface area contributed by atoms with Gasteiger partial charge in [0.15, 0.2) is 0 Å². The maximum atomic E-state index is 9.83. The number of halogens is 1. The number of nitrogens with zero attached hydrogens (tertiary/aromatic N) is 2. The Kier molecular flexibility index (Phi) is 5.49. The fourth-order valence-electron chi connectivity index (χ4n) is 2.72. The Morgan fingerprint density at radius 2 is 1.90 bits per heavy atom. The van der Waals surface area contributed by atoms with Crippen LogP contribution in [0.15, 0.2) is 18.2 Å². The van der Waals surface area contributed by atoms with Gasteiger partial charge in [0.05, 0.1) is 0 Å². The Morgan fingerprint density at radius 1 is 1.24 bits per heavy atom. The van der Waals surface area contributed by atoms with Crippen molar-refractivity contribution >= 4 is 11.6 Å². The molecule has 0 aromatic heterocycles. The molecule has 0 bridgehead atoms. The van der Waals surface area contributed by atoms with Crippen LogP contribution >= 0.6 is 11.6 Å². The molecule has 2 rings (SSSR count). The van der Waals surface area contributed by atoms with Crippen LogP contribution in [0.1, 0.15) is 19.4 Å². The average Bonchev–Trinajstić information content (AvgIpc) is 2.43. The van der Waals surface area contributed by atoms with E-state index in [9.17, 15) is 5.11 Å². The minimum absolute atomic E-state index is 0.107.